The second kappa shape index (κ2) is 8.30. The van der Waals surface area contributed by atoms with Gasteiger partial charge in [-0.1, -0.05) is 35.9 Å². The fourth-order valence-electron chi connectivity index (χ4n) is 3.24. The monoisotopic (exact) mass is 444 g/mol. The second-order valence-electron chi connectivity index (χ2n) is 6.78. The van der Waals surface area contributed by atoms with Crippen LogP contribution in [0, 0.1) is 0 Å². The summed E-state index contributed by atoms with van der Waals surface area (Å²) in [4.78, 5) is 41.4. The number of carbonyl (C=O) groups is 1. The summed E-state index contributed by atoms with van der Waals surface area (Å²) in [7, 11) is 3.03. The van der Waals surface area contributed by atoms with Crippen LogP contribution in [0.2, 0.25) is 5.02 Å². The topological polar surface area (TPSA) is 78.9 Å². The van der Waals surface area contributed by atoms with Crippen LogP contribution >= 0.6 is 24.0 Å². The van der Waals surface area contributed by atoms with Gasteiger partial charge in [0.1, 0.15) is 0 Å². The van der Waals surface area contributed by atoms with Gasteiger partial charge in [-0.05, 0) is 29.8 Å². The first-order valence-electron chi connectivity index (χ1n) is 8.87. The highest BCUT2D eigenvalue weighted by Crippen LogP contribution is 2.16. The maximum absolute atomic E-state index is 12.6. The van der Waals surface area contributed by atoms with E-state index in [1.165, 1.54) is 17.9 Å². The fraction of sp³-hybridized carbons (Fsp3) is 0.143. The van der Waals surface area contributed by atoms with Crippen molar-refractivity contribution in [1.29, 1.82) is 0 Å². The molecule has 9 heteroatoms. The van der Waals surface area contributed by atoms with Crippen LogP contribution in [0.5, 0.6) is 0 Å². The number of benzene rings is 2. The van der Waals surface area contributed by atoms with Crippen molar-refractivity contribution in [3.8, 4) is 0 Å². The van der Waals surface area contributed by atoms with Gasteiger partial charge in [-0.3, -0.25) is 18.7 Å². The van der Waals surface area contributed by atoms with Gasteiger partial charge in [-0.2, -0.15) is 0 Å². The predicted molar refractivity (Wildman–Crippen MR) is 118 cm³/mol. The second-order valence-corrected chi connectivity index (χ2v) is 7.22. The van der Waals surface area contributed by atoms with E-state index in [0.29, 0.717) is 33.9 Å². The number of nitrogens with zero attached hydrogens (tertiary/aromatic N) is 4. The van der Waals surface area contributed by atoms with E-state index in [0.717, 1.165) is 10.1 Å². The highest BCUT2D eigenvalue weighted by molar-refractivity contribution is 6.30. The Balaban J connectivity index is 0.00000256. The third-order valence-electron chi connectivity index (χ3n) is 4.89. The Morgan fingerprint density at radius 2 is 1.50 bits per heavy atom. The van der Waals surface area contributed by atoms with Crippen molar-refractivity contribution >= 4 is 41.0 Å². The summed E-state index contributed by atoms with van der Waals surface area (Å²) in [6, 6.07) is 13.9. The molecule has 4 rings (SSSR count). The molecule has 0 radical (unpaired) electrons. The number of imidazole rings is 1. The molecule has 0 amide bonds. The number of rotatable bonds is 4. The molecule has 0 N–H and O–H groups in total. The van der Waals surface area contributed by atoms with Crippen molar-refractivity contribution in [2.45, 2.75) is 6.54 Å². The minimum atomic E-state index is -0.419. The summed E-state index contributed by atoms with van der Waals surface area (Å²) in [6.45, 7) is 0.388. The lowest BCUT2D eigenvalue weighted by molar-refractivity contribution is 0.103. The van der Waals surface area contributed by atoms with Crippen LogP contribution in [0.4, 0.5) is 0 Å². The molecule has 0 aliphatic carbocycles. The molecule has 2 aromatic heterocycles. The highest BCUT2D eigenvalue weighted by atomic mass is 35.5. The first kappa shape index (κ1) is 21.5. The van der Waals surface area contributed by atoms with Crippen molar-refractivity contribution in [1.82, 2.24) is 18.7 Å². The van der Waals surface area contributed by atoms with Gasteiger partial charge in [-0.25, -0.2) is 9.78 Å². The normalized spacial score (nSPS) is 10.8. The van der Waals surface area contributed by atoms with Crippen molar-refractivity contribution in [3.63, 3.8) is 0 Å². The first-order chi connectivity index (χ1) is 13.9. The zero-order chi connectivity index (χ0) is 20.7. The van der Waals surface area contributed by atoms with E-state index in [2.05, 4.69) is 4.98 Å². The number of carbonyl (C=O) groups excluding carboxylic acids is 1. The van der Waals surface area contributed by atoms with Gasteiger partial charge in [0.25, 0.3) is 5.56 Å². The molecule has 4 aromatic rings. The van der Waals surface area contributed by atoms with Crippen LogP contribution in [0.1, 0.15) is 21.5 Å². The third kappa shape index (κ3) is 3.69. The maximum atomic E-state index is 12.6. The molecule has 0 saturated heterocycles. The maximum Gasteiger partial charge on any atom is 0.332 e. The lowest BCUT2D eigenvalue weighted by atomic mass is 10.0. The molecule has 7 nitrogen and oxygen atoms in total. The van der Waals surface area contributed by atoms with E-state index in [4.69, 9.17) is 11.6 Å². The van der Waals surface area contributed by atoms with E-state index < -0.39 is 11.2 Å². The molecule has 0 atom stereocenters. The van der Waals surface area contributed by atoms with Crippen LogP contribution in [0.25, 0.3) is 11.2 Å². The Morgan fingerprint density at radius 3 is 2.10 bits per heavy atom. The van der Waals surface area contributed by atoms with Gasteiger partial charge >= 0.3 is 5.69 Å². The fourth-order valence-corrected chi connectivity index (χ4v) is 3.37. The number of fused-ring (bicyclic) bond motifs is 1. The molecule has 0 aliphatic rings. The molecule has 2 heterocycles. The molecule has 0 aliphatic heterocycles. The lowest BCUT2D eigenvalue weighted by Gasteiger charge is -2.08. The number of ketones is 1. The van der Waals surface area contributed by atoms with Gasteiger partial charge in [0.15, 0.2) is 16.9 Å². The Hall–Kier alpha value is -3.16. The van der Waals surface area contributed by atoms with Crippen molar-refractivity contribution < 1.29 is 4.79 Å². The van der Waals surface area contributed by atoms with E-state index >= 15 is 0 Å². The average Bonchev–Trinajstić information content (AvgIpc) is 3.15. The highest BCUT2D eigenvalue weighted by Gasteiger charge is 2.15. The molecule has 0 fully saturated rings. The number of hydrogen-bond acceptors (Lipinski definition) is 4. The first-order valence-corrected chi connectivity index (χ1v) is 9.24. The Labute approximate surface area is 182 Å². The standard InChI is InChI=1S/C21H17ClN4O3.ClH/c1-24-19-17(20(28)25(2)21(24)29)26(12-23-19)11-13-3-5-14(6-4-13)18(27)15-7-9-16(22)10-8-15;/h3-10,12H,11H2,1-2H3;1H. The molecule has 0 saturated carbocycles. The summed E-state index contributed by atoms with van der Waals surface area (Å²) in [5.74, 6) is -0.0924. The molecule has 30 heavy (non-hydrogen) atoms. The zero-order valence-electron chi connectivity index (χ0n) is 16.2. The van der Waals surface area contributed by atoms with Crippen molar-refractivity contribution in [3.05, 3.63) is 97.4 Å². The number of aryl methyl sites for hydroxylation is 1. The third-order valence-corrected chi connectivity index (χ3v) is 5.14. The largest absolute Gasteiger partial charge is 0.332 e. The van der Waals surface area contributed by atoms with Crippen LogP contribution in [0.15, 0.2) is 64.4 Å². The Bertz CT molecular complexity index is 1350. The van der Waals surface area contributed by atoms with E-state index in [1.54, 1.807) is 48.0 Å². The Kier molecular flexibility index (Phi) is 5.96. The molecule has 2 aromatic carbocycles. The Morgan fingerprint density at radius 1 is 0.933 bits per heavy atom. The summed E-state index contributed by atoms with van der Waals surface area (Å²) in [6.07, 6.45) is 1.54. The van der Waals surface area contributed by atoms with Crippen molar-refractivity contribution in [2.75, 3.05) is 0 Å². The van der Waals surface area contributed by atoms with Crippen LogP contribution in [-0.4, -0.2) is 24.5 Å². The summed E-state index contributed by atoms with van der Waals surface area (Å²) < 4.78 is 4.11. The molecular weight excluding hydrogens is 427 g/mol. The van der Waals surface area contributed by atoms with E-state index in [1.807, 2.05) is 12.1 Å². The lowest BCUT2D eigenvalue weighted by Crippen LogP contribution is -2.37. The summed E-state index contributed by atoms with van der Waals surface area (Å²) in [5, 5.41) is 0.577. The van der Waals surface area contributed by atoms with Gasteiger partial charge in [0.2, 0.25) is 0 Å². The van der Waals surface area contributed by atoms with Crippen molar-refractivity contribution in [2.24, 2.45) is 14.1 Å². The quantitative estimate of drug-likeness (QED) is 0.453. The average molecular weight is 445 g/mol. The van der Waals surface area contributed by atoms with E-state index in [9.17, 15) is 14.4 Å². The molecule has 154 valence electrons. The number of halogens is 2. The van der Waals surface area contributed by atoms with Gasteiger partial charge in [0.05, 0.1) is 6.33 Å². The molecular formula is C21H18Cl2N4O3. The zero-order valence-corrected chi connectivity index (χ0v) is 17.8. The minimum Gasteiger partial charge on any atom is -0.320 e. The molecule has 0 bridgehead atoms. The SMILES string of the molecule is Cl.Cn1c(=O)c2c(ncn2Cc2ccc(C(=O)c3ccc(Cl)cc3)cc2)n(C)c1=O. The number of aromatic nitrogens is 4. The van der Waals surface area contributed by atoms with Crippen LogP contribution in [0.3, 0.4) is 0 Å². The van der Waals surface area contributed by atoms with Crippen LogP contribution in [-0.2, 0) is 20.6 Å². The minimum absolute atomic E-state index is 0. The summed E-state index contributed by atoms with van der Waals surface area (Å²) >= 11 is 5.87. The molecule has 0 unspecified atom stereocenters. The van der Waals surface area contributed by atoms with Gasteiger partial charge in [0, 0.05) is 36.8 Å². The summed E-state index contributed by atoms with van der Waals surface area (Å²) in [5.41, 5.74) is 1.90. The molecule has 0 spiro atoms. The van der Waals surface area contributed by atoms with Crippen LogP contribution < -0.4 is 11.2 Å². The van der Waals surface area contributed by atoms with Gasteiger partial charge < -0.3 is 4.57 Å². The number of hydrogen-bond donors (Lipinski definition) is 0. The van der Waals surface area contributed by atoms with Gasteiger partial charge in [-0.15, -0.1) is 12.4 Å². The smallest absolute Gasteiger partial charge is 0.320 e. The van der Waals surface area contributed by atoms with E-state index in [-0.39, 0.29) is 18.2 Å². The predicted octanol–water partition coefficient (Wildman–Crippen LogP) is 2.79.